The Hall–Kier alpha value is -0.640. The summed E-state index contributed by atoms with van der Waals surface area (Å²) in [5.74, 6) is 0. The Labute approximate surface area is 130 Å². The monoisotopic (exact) mass is 297 g/mol. The zero-order valence-electron chi connectivity index (χ0n) is 13.7. The maximum atomic E-state index is 9.52. The van der Waals surface area contributed by atoms with Crippen LogP contribution in [0.1, 0.15) is 71.1 Å². The Bertz CT molecular complexity index is 264. The maximum absolute atomic E-state index is 9.52. The molecule has 0 fully saturated rings. The van der Waals surface area contributed by atoms with Crippen LogP contribution in [-0.4, -0.2) is 29.0 Å². The van der Waals surface area contributed by atoms with Crippen molar-refractivity contribution < 1.29 is 10.2 Å². The highest BCUT2D eigenvalue weighted by Crippen LogP contribution is 2.09. The summed E-state index contributed by atoms with van der Waals surface area (Å²) in [6, 6.07) is -0.562. The van der Waals surface area contributed by atoms with Crippen LogP contribution in [0.2, 0.25) is 0 Å². The van der Waals surface area contributed by atoms with Gasteiger partial charge < -0.3 is 15.9 Å². The van der Waals surface area contributed by atoms with E-state index in [-0.39, 0.29) is 6.61 Å². The van der Waals surface area contributed by atoms with Crippen molar-refractivity contribution in [1.82, 2.24) is 0 Å². The van der Waals surface area contributed by atoms with Crippen molar-refractivity contribution >= 4 is 0 Å². The van der Waals surface area contributed by atoms with Gasteiger partial charge in [0.1, 0.15) is 0 Å². The van der Waals surface area contributed by atoms with Crippen LogP contribution in [0.3, 0.4) is 0 Å². The smallest absolute Gasteiger partial charge is 0.0894 e. The summed E-state index contributed by atoms with van der Waals surface area (Å²) in [5, 5.41) is 18.3. The number of hydrogen-bond donors (Lipinski definition) is 3. The van der Waals surface area contributed by atoms with Gasteiger partial charge in [-0.15, -0.1) is 0 Å². The van der Waals surface area contributed by atoms with Gasteiger partial charge in [0.25, 0.3) is 0 Å². The minimum Gasteiger partial charge on any atom is -0.395 e. The Kier molecular flexibility index (Phi) is 15.3. The molecule has 0 aliphatic rings. The molecule has 3 heteroatoms. The van der Waals surface area contributed by atoms with E-state index in [2.05, 4.69) is 19.1 Å². The summed E-state index contributed by atoms with van der Waals surface area (Å²) >= 11 is 0. The SMILES string of the molecule is CCC/C=C\CCCCCCCC/C=C/[C@H](O)[C@@H](N)CO. The standard InChI is InChI=1S/C18H35NO2/c1-2-3-4-5-6-7-8-9-10-11-12-13-14-15-18(21)17(19)16-20/h4-5,14-15,17-18,20-21H,2-3,6-13,16,19H2,1H3/b5-4-,15-14+/t17-,18-/m0/s1. The Morgan fingerprint density at radius 1 is 0.857 bits per heavy atom. The molecule has 0 radical (unpaired) electrons. The van der Waals surface area contributed by atoms with E-state index in [0.29, 0.717) is 0 Å². The van der Waals surface area contributed by atoms with Gasteiger partial charge in [-0.05, 0) is 32.1 Å². The minimum atomic E-state index is -0.726. The average Bonchev–Trinajstić information content (AvgIpc) is 2.50. The fourth-order valence-electron chi connectivity index (χ4n) is 2.12. The molecule has 0 rings (SSSR count). The topological polar surface area (TPSA) is 66.5 Å². The maximum Gasteiger partial charge on any atom is 0.0894 e. The Morgan fingerprint density at radius 3 is 1.95 bits per heavy atom. The van der Waals surface area contributed by atoms with E-state index in [0.717, 1.165) is 12.8 Å². The van der Waals surface area contributed by atoms with E-state index in [9.17, 15) is 5.11 Å². The van der Waals surface area contributed by atoms with Gasteiger partial charge in [0, 0.05) is 0 Å². The number of hydrogen-bond acceptors (Lipinski definition) is 3. The first-order valence-corrected chi connectivity index (χ1v) is 8.58. The lowest BCUT2D eigenvalue weighted by molar-refractivity contribution is 0.144. The van der Waals surface area contributed by atoms with E-state index < -0.39 is 12.1 Å². The predicted molar refractivity (Wildman–Crippen MR) is 91.2 cm³/mol. The van der Waals surface area contributed by atoms with Crippen molar-refractivity contribution in [2.45, 2.75) is 83.3 Å². The molecule has 21 heavy (non-hydrogen) atoms. The molecule has 0 heterocycles. The Balaban J connectivity index is 3.27. The molecular weight excluding hydrogens is 262 g/mol. The molecule has 0 aliphatic carbocycles. The molecule has 0 aromatic rings. The highest BCUT2D eigenvalue weighted by molar-refractivity contribution is 4.93. The lowest BCUT2D eigenvalue weighted by Gasteiger charge is -2.11. The van der Waals surface area contributed by atoms with Crippen LogP contribution in [0.25, 0.3) is 0 Å². The molecule has 3 nitrogen and oxygen atoms in total. The van der Waals surface area contributed by atoms with E-state index in [1.807, 2.05) is 6.08 Å². The first-order valence-electron chi connectivity index (χ1n) is 8.58. The third-order valence-corrected chi connectivity index (χ3v) is 3.60. The summed E-state index contributed by atoms with van der Waals surface area (Å²) < 4.78 is 0. The number of aliphatic hydroxyl groups is 2. The summed E-state index contributed by atoms with van der Waals surface area (Å²) in [6.07, 6.45) is 19.9. The molecular formula is C18H35NO2. The number of nitrogens with two attached hydrogens (primary N) is 1. The van der Waals surface area contributed by atoms with Gasteiger partial charge >= 0.3 is 0 Å². The first-order chi connectivity index (χ1) is 10.2. The lowest BCUT2D eigenvalue weighted by atomic mass is 10.1. The second-order valence-corrected chi connectivity index (χ2v) is 5.72. The number of rotatable bonds is 14. The van der Waals surface area contributed by atoms with Gasteiger partial charge in [-0.3, -0.25) is 0 Å². The molecule has 0 amide bonds. The molecule has 124 valence electrons. The van der Waals surface area contributed by atoms with Crippen LogP contribution >= 0.6 is 0 Å². The van der Waals surface area contributed by atoms with Crippen LogP contribution in [-0.2, 0) is 0 Å². The third-order valence-electron chi connectivity index (χ3n) is 3.60. The van der Waals surface area contributed by atoms with Crippen LogP contribution in [0.15, 0.2) is 24.3 Å². The number of unbranched alkanes of at least 4 members (excludes halogenated alkanes) is 8. The van der Waals surface area contributed by atoms with Crippen LogP contribution in [0, 0.1) is 0 Å². The molecule has 4 N–H and O–H groups in total. The molecule has 0 aromatic heterocycles. The van der Waals surface area contributed by atoms with Crippen molar-refractivity contribution in [3.8, 4) is 0 Å². The van der Waals surface area contributed by atoms with E-state index in [1.165, 1.54) is 51.4 Å². The van der Waals surface area contributed by atoms with Gasteiger partial charge in [-0.25, -0.2) is 0 Å². The highest BCUT2D eigenvalue weighted by atomic mass is 16.3. The molecule has 2 atom stereocenters. The molecule has 0 aromatic carbocycles. The minimum absolute atomic E-state index is 0.181. The van der Waals surface area contributed by atoms with Crippen molar-refractivity contribution in [1.29, 1.82) is 0 Å². The van der Waals surface area contributed by atoms with E-state index >= 15 is 0 Å². The largest absolute Gasteiger partial charge is 0.395 e. The zero-order chi connectivity index (χ0) is 15.8. The summed E-state index contributed by atoms with van der Waals surface area (Å²) in [6.45, 7) is 2.03. The second kappa shape index (κ2) is 15.7. The normalized spacial score (nSPS) is 15.0. The van der Waals surface area contributed by atoms with Gasteiger partial charge in [0.2, 0.25) is 0 Å². The fourth-order valence-corrected chi connectivity index (χ4v) is 2.12. The average molecular weight is 297 g/mol. The fraction of sp³-hybridized carbons (Fsp3) is 0.778. The van der Waals surface area contributed by atoms with Crippen molar-refractivity contribution in [2.24, 2.45) is 5.73 Å². The lowest BCUT2D eigenvalue weighted by Crippen LogP contribution is -2.36. The van der Waals surface area contributed by atoms with E-state index in [4.69, 9.17) is 10.8 Å². The number of allylic oxidation sites excluding steroid dienone is 3. The Morgan fingerprint density at radius 2 is 1.38 bits per heavy atom. The highest BCUT2D eigenvalue weighted by Gasteiger charge is 2.08. The van der Waals surface area contributed by atoms with Crippen molar-refractivity contribution in [3.63, 3.8) is 0 Å². The van der Waals surface area contributed by atoms with Gasteiger partial charge in [0.15, 0.2) is 0 Å². The summed E-state index contributed by atoms with van der Waals surface area (Å²) in [7, 11) is 0. The summed E-state index contributed by atoms with van der Waals surface area (Å²) in [4.78, 5) is 0. The first kappa shape index (κ1) is 20.4. The van der Waals surface area contributed by atoms with Crippen molar-refractivity contribution in [2.75, 3.05) is 6.61 Å². The van der Waals surface area contributed by atoms with Gasteiger partial charge in [-0.2, -0.15) is 0 Å². The predicted octanol–water partition coefficient (Wildman–Crippen LogP) is 3.70. The third kappa shape index (κ3) is 14.1. The summed E-state index contributed by atoms with van der Waals surface area (Å²) in [5.41, 5.74) is 5.51. The van der Waals surface area contributed by atoms with E-state index in [1.54, 1.807) is 6.08 Å². The molecule has 0 unspecified atom stereocenters. The van der Waals surface area contributed by atoms with Gasteiger partial charge in [-0.1, -0.05) is 63.3 Å². The molecule has 0 saturated carbocycles. The second-order valence-electron chi connectivity index (χ2n) is 5.72. The molecule has 0 saturated heterocycles. The zero-order valence-corrected chi connectivity index (χ0v) is 13.7. The van der Waals surface area contributed by atoms with Crippen LogP contribution in [0.4, 0.5) is 0 Å². The molecule has 0 spiro atoms. The van der Waals surface area contributed by atoms with Crippen LogP contribution < -0.4 is 5.73 Å². The molecule has 0 aliphatic heterocycles. The van der Waals surface area contributed by atoms with Crippen molar-refractivity contribution in [3.05, 3.63) is 24.3 Å². The van der Waals surface area contributed by atoms with Gasteiger partial charge in [0.05, 0.1) is 18.8 Å². The molecule has 0 bridgehead atoms. The van der Waals surface area contributed by atoms with Crippen LogP contribution in [0.5, 0.6) is 0 Å². The number of aliphatic hydroxyl groups excluding tert-OH is 2. The quantitative estimate of drug-likeness (QED) is 0.338.